The highest BCUT2D eigenvalue weighted by molar-refractivity contribution is 5.81. The first kappa shape index (κ1) is 17.8. The molecule has 1 aromatic rings. The summed E-state index contributed by atoms with van der Waals surface area (Å²) in [6, 6.07) is 9.63. The monoisotopic (exact) mass is 300 g/mol. The molecule has 2 amide bonds. The second-order valence-electron chi connectivity index (χ2n) is 6.05. The van der Waals surface area contributed by atoms with Gasteiger partial charge in [0.05, 0.1) is 6.54 Å². The summed E-state index contributed by atoms with van der Waals surface area (Å²) >= 11 is 0. The Hall–Kier alpha value is -2.28. The van der Waals surface area contributed by atoms with Crippen molar-refractivity contribution in [3.05, 3.63) is 35.9 Å². The summed E-state index contributed by atoms with van der Waals surface area (Å²) in [5.41, 5.74) is 0.539. The van der Waals surface area contributed by atoms with Crippen molar-refractivity contribution in [3.63, 3.8) is 0 Å². The lowest BCUT2D eigenvalue weighted by Crippen LogP contribution is -2.35. The maximum absolute atomic E-state index is 11.6. The van der Waals surface area contributed by atoms with Gasteiger partial charge in [-0.25, -0.2) is 0 Å². The van der Waals surface area contributed by atoms with Crippen LogP contribution in [0.1, 0.15) is 39.2 Å². The van der Waals surface area contributed by atoms with E-state index in [9.17, 15) is 9.59 Å². The SMILES string of the molecule is CC(C)(C)C(=O)NCCCC(=O)NCC#Cc1ccccc1. The third-order valence-electron chi connectivity index (χ3n) is 2.93. The van der Waals surface area contributed by atoms with E-state index in [-0.39, 0.29) is 11.8 Å². The Balaban J connectivity index is 2.15. The molecule has 2 N–H and O–H groups in total. The summed E-state index contributed by atoms with van der Waals surface area (Å²) in [7, 11) is 0. The minimum Gasteiger partial charge on any atom is -0.356 e. The fourth-order valence-corrected chi connectivity index (χ4v) is 1.61. The van der Waals surface area contributed by atoms with Gasteiger partial charge >= 0.3 is 0 Å². The summed E-state index contributed by atoms with van der Waals surface area (Å²) in [5, 5.41) is 5.57. The van der Waals surface area contributed by atoms with Gasteiger partial charge in [0.2, 0.25) is 11.8 Å². The van der Waals surface area contributed by atoms with Gasteiger partial charge in [-0.05, 0) is 18.6 Å². The topological polar surface area (TPSA) is 58.2 Å². The van der Waals surface area contributed by atoms with Crippen molar-refractivity contribution in [1.29, 1.82) is 0 Å². The standard InChI is InChI=1S/C18H24N2O2/c1-18(2,3)17(22)20-14-8-12-16(21)19-13-7-11-15-9-5-4-6-10-15/h4-6,9-10H,8,12-14H2,1-3H3,(H,19,21)(H,20,22). The van der Waals surface area contributed by atoms with Crippen LogP contribution in [0.25, 0.3) is 0 Å². The van der Waals surface area contributed by atoms with Gasteiger partial charge in [0.15, 0.2) is 0 Å². The zero-order chi connectivity index (χ0) is 16.4. The zero-order valence-electron chi connectivity index (χ0n) is 13.5. The summed E-state index contributed by atoms with van der Waals surface area (Å²) in [4.78, 5) is 23.2. The Kier molecular flexibility index (Phi) is 7.18. The molecule has 0 fully saturated rings. The van der Waals surface area contributed by atoms with Crippen molar-refractivity contribution in [3.8, 4) is 11.8 Å². The number of rotatable bonds is 5. The van der Waals surface area contributed by atoms with E-state index >= 15 is 0 Å². The fraction of sp³-hybridized carbons (Fsp3) is 0.444. The predicted molar refractivity (Wildman–Crippen MR) is 88.0 cm³/mol. The van der Waals surface area contributed by atoms with Crippen LogP contribution in [-0.4, -0.2) is 24.9 Å². The number of hydrogen-bond donors (Lipinski definition) is 2. The largest absolute Gasteiger partial charge is 0.356 e. The third kappa shape index (κ3) is 7.49. The molecule has 1 aromatic carbocycles. The number of amides is 2. The molecule has 0 aromatic heterocycles. The molecule has 0 bridgehead atoms. The maximum Gasteiger partial charge on any atom is 0.225 e. The minimum absolute atomic E-state index is 0.00151. The van der Waals surface area contributed by atoms with E-state index in [1.807, 2.05) is 51.1 Å². The van der Waals surface area contributed by atoms with Crippen molar-refractivity contribution in [2.24, 2.45) is 5.41 Å². The van der Waals surface area contributed by atoms with Crippen LogP contribution >= 0.6 is 0 Å². The lowest BCUT2D eigenvalue weighted by atomic mass is 9.96. The summed E-state index contributed by atoms with van der Waals surface area (Å²) in [6.07, 6.45) is 1.01. The lowest BCUT2D eigenvalue weighted by Gasteiger charge is -2.17. The van der Waals surface area contributed by atoms with Crippen LogP contribution < -0.4 is 10.6 Å². The Bertz CT molecular complexity index is 548. The van der Waals surface area contributed by atoms with Gasteiger partial charge < -0.3 is 10.6 Å². The van der Waals surface area contributed by atoms with E-state index in [0.717, 1.165) is 5.56 Å². The zero-order valence-corrected chi connectivity index (χ0v) is 13.5. The van der Waals surface area contributed by atoms with Crippen molar-refractivity contribution in [1.82, 2.24) is 10.6 Å². The average molecular weight is 300 g/mol. The van der Waals surface area contributed by atoms with Crippen molar-refractivity contribution in [2.45, 2.75) is 33.6 Å². The van der Waals surface area contributed by atoms with E-state index in [2.05, 4.69) is 22.5 Å². The van der Waals surface area contributed by atoms with Crippen LogP contribution in [0.15, 0.2) is 30.3 Å². The Morgan fingerprint density at radius 1 is 1.09 bits per heavy atom. The molecule has 0 heterocycles. The van der Waals surface area contributed by atoms with E-state index < -0.39 is 5.41 Å². The molecule has 4 nitrogen and oxygen atoms in total. The van der Waals surface area contributed by atoms with Gasteiger partial charge in [-0.15, -0.1) is 0 Å². The summed E-state index contributed by atoms with van der Waals surface area (Å²) in [6.45, 7) is 6.43. The van der Waals surface area contributed by atoms with Crippen LogP contribution in [0.4, 0.5) is 0 Å². The first-order valence-electron chi connectivity index (χ1n) is 7.48. The van der Waals surface area contributed by atoms with Gasteiger partial charge in [-0.1, -0.05) is 50.8 Å². The van der Waals surface area contributed by atoms with E-state index in [1.165, 1.54) is 0 Å². The van der Waals surface area contributed by atoms with Crippen molar-refractivity contribution < 1.29 is 9.59 Å². The molecule has 0 unspecified atom stereocenters. The van der Waals surface area contributed by atoms with Gasteiger partial charge in [0, 0.05) is 23.9 Å². The fourth-order valence-electron chi connectivity index (χ4n) is 1.61. The Morgan fingerprint density at radius 2 is 1.77 bits per heavy atom. The molecule has 0 saturated carbocycles. The molecular weight excluding hydrogens is 276 g/mol. The molecule has 0 aliphatic carbocycles. The van der Waals surface area contributed by atoms with E-state index in [1.54, 1.807) is 0 Å². The van der Waals surface area contributed by atoms with Gasteiger partial charge in [0.1, 0.15) is 0 Å². The second-order valence-corrected chi connectivity index (χ2v) is 6.05. The van der Waals surface area contributed by atoms with Crippen LogP contribution in [0, 0.1) is 17.3 Å². The molecule has 0 aliphatic rings. The average Bonchev–Trinajstić information content (AvgIpc) is 2.48. The molecule has 0 saturated heterocycles. The number of nitrogens with one attached hydrogen (secondary N) is 2. The van der Waals surface area contributed by atoms with E-state index in [4.69, 9.17) is 0 Å². The van der Waals surface area contributed by atoms with Crippen LogP contribution in [0.5, 0.6) is 0 Å². The second kappa shape index (κ2) is 8.89. The summed E-state index contributed by atoms with van der Waals surface area (Å²) < 4.78 is 0. The lowest BCUT2D eigenvalue weighted by molar-refractivity contribution is -0.128. The Labute approximate surface area is 132 Å². The van der Waals surface area contributed by atoms with Crippen LogP contribution in [0.2, 0.25) is 0 Å². The third-order valence-corrected chi connectivity index (χ3v) is 2.93. The molecule has 4 heteroatoms. The maximum atomic E-state index is 11.6. The smallest absolute Gasteiger partial charge is 0.225 e. The van der Waals surface area contributed by atoms with Crippen LogP contribution in [-0.2, 0) is 9.59 Å². The van der Waals surface area contributed by atoms with Crippen LogP contribution in [0.3, 0.4) is 0 Å². The van der Waals surface area contributed by atoms with Gasteiger partial charge in [0.25, 0.3) is 0 Å². The molecule has 0 radical (unpaired) electrons. The normalized spacial score (nSPS) is 10.3. The Morgan fingerprint density at radius 3 is 2.41 bits per heavy atom. The molecule has 0 aliphatic heterocycles. The molecular formula is C18H24N2O2. The first-order chi connectivity index (χ1) is 10.4. The highest BCUT2D eigenvalue weighted by Crippen LogP contribution is 2.12. The quantitative estimate of drug-likeness (QED) is 0.646. The van der Waals surface area contributed by atoms with Gasteiger partial charge in [-0.3, -0.25) is 9.59 Å². The van der Waals surface area contributed by atoms with Crippen molar-refractivity contribution in [2.75, 3.05) is 13.1 Å². The number of hydrogen-bond acceptors (Lipinski definition) is 2. The number of carbonyl (C=O) groups excluding carboxylic acids is 2. The molecule has 22 heavy (non-hydrogen) atoms. The molecule has 0 spiro atoms. The van der Waals surface area contributed by atoms with Gasteiger partial charge in [-0.2, -0.15) is 0 Å². The molecule has 1 rings (SSSR count). The number of benzene rings is 1. The molecule has 0 atom stereocenters. The first-order valence-corrected chi connectivity index (χ1v) is 7.48. The minimum atomic E-state index is -0.394. The summed E-state index contributed by atoms with van der Waals surface area (Å²) in [5.74, 6) is 5.84. The highest BCUT2D eigenvalue weighted by Gasteiger charge is 2.20. The predicted octanol–water partition coefficient (Wildman–Crippen LogP) is 2.10. The van der Waals surface area contributed by atoms with Crippen molar-refractivity contribution >= 4 is 11.8 Å². The highest BCUT2D eigenvalue weighted by atomic mass is 16.2. The molecule has 118 valence electrons. The van der Waals surface area contributed by atoms with E-state index in [0.29, 0.717) is 25.9 Å². The number of carbonyl (C=O) groups is 2.